The molecule has 94 valence electrons. The first kappa shape index (κ1) is 10.7. The summed E-state index contributed by atoms with van der Waals surface area (Å²) in [5, 5.41) is 4.77. The van der Waals surface area contributed by atoms with E-state index in [2.05, 4.69) is 64.6 Å². The van der Waals surface area contributed by atoms with Gasteiger partial charge in [0.05, 0.1) is 0 Å². The van der Waals surface area contributed by atoms with Crippen molar-refractivity contribution in [2.75, 3.05) is 11.9 Å². The first-order chi connectivity index (χ1) is 9.40. The standard InChI is InChI=1S/C17H16N2/c1-2-4-13(5-3-1)12-19-9-7-15-10-16-14(6-8-18-16)11-17(15)19/h1-5,7,9-11,18H,6,8,12H2. The minimum Gasteiger partial charge on any atom is -0.384 e. The van der Waals surface area contributed by atoms with Crippen molar-refractivity contribution in [3.63, 3.8) is 0 Å². The third kappa shape index (κ3) is 1.80. The largest absolute Gasteiger partial charge is 0.384 e. The fraction of sp³-hybridized carbons (Fsp3) is 0.176. The zero-order chi connectivity index (χ0) is 12.7. The number of anilines is 1. The Hall–Kier alpha value is -2.22. The number of benzene rings is 2. The van der Waals surface area contributed by atoms with Gasteiger partial charge in [0.25, 0.3) is 0 Å². The average molecular weight is 248 g/mol. The second-order valence-corrected chi connectivity index (χ2v) is 5.17. The molecule has 4 rings (SSSR count). The molecule has 0 fully saturated rings. The molecule has 3 aromatic rings. The molecular weight excluding hydrogens is 232 g/mol. The molecule has 0 atom stereocenters. The van der Waals surface area contributed by atoms with Crippen LogP contribution in [0.15, 0.2) is 54.7 Å². The maximum absolute atomic E-state index is 3.44. The van der Waals surface area contributed by atoms with E-state index < -0.39 is 0 Å². The van der Waals surface area contributed by atoms with Crippen LogP contribution in [-0.4, -0.2) is 11.1 Å². The van der Waals surface area contributed by atoms with Gasteiger partial charge in [-0.15, -0.1) is 0 Å². The molecule has 0 amide bonds. The van der Waals surface area contributed by atoms with Gasteiger partial charge in [0, 0.05) is 35.9 Å². The van der Waals surface area contributed by atoms with Crippen molar-refractivity contribution in [1.29, 1.82) is 0 Å². The molecule has 1 N–H and O–H groups in total. The van der Waals surface area contributed by atoms with Gasteiger partial charge in [0.1, 0.15) is 0 Å². The van der Waals surface area contributed by atoms with E-state index in [1.165, 1.54) is 27.7 Å². The molecule has 1 aliphatic rings. The molecule has 1 aliphatic heterocycles. The third-order valence-corrected chi connectivity index (χ3v) is 3.90. The van der Waals surface area contributed by atoms with E-state index in [9.17, 15) is 0 Å². The summed E-state index contributed by atoms with van der Waals surface area (Å²) in [5.41, 5.74) is 5.44. The molecule has 0 aliphatic carbocycles. The minimum atomic E-state index is 0.941. The molecule has 0 saturated heterocycles. The van der Waals surface area contributed by atoms with Crippen molar-refractivity contribution in [3.05, 3.63) is 65.9 Å². The second kappa shape index (κ2) is 4.16. The Labute approximate surface area is 112 Å². The number of nitrogens with one attached hydrogen (secondary N) is 1. The van der Waals surface area contributed by atoms with Gasteiger partial charge in [0.2, 0.25) is 0 Å². The lowest BCUT2D eigenvalue weighted by molar-refractivity contribution is 0.836. The van der Waals surface area contributed by atoms with Crippen LogP contribution in [0.1, 0.15) is 11.1 Å². The normalized spacial score (nSPS) is 13.5. The lowest BCUT2D eigenvalue weighted by Crippen LogP contribution is -1.97. The molecule has 2 aromatic carbocycles. The summed E-state index contributed by atoms with van der Waals surface area (Å²) in [4.78, 5) is 0. The van der Waals surface area contributed by atoms with E-state index in [1.807, 2.05) is 0 Å². The van der Waals surface area contributed by atoms with Gasteiger partial charge >= 0.3 is 0 Å². The summed E-state index contributed by atoms with van der Waals surface area (Å²) < 4.78 is 2.34. The van der Waals surface area contributed by atoms with E-state index in [4.69, 9.17) is 0 Å². The molecule has 0 saturated carbocycles. The van der Waals surface area contributed by atoms with E-state index in [1.54, 1.807) is 0 Å². The van der Waals surface area contributed by atoms with Crippen molar-refractivity contribution in [1.82, 2.24) is 4.57 Å². The van der Waals surface area contributed by atoms with Crippen LogP contribution in [0.2, 0.25) is 0 Å². The molecule has 0 radical (unpaired) electrons. The smallest absolute Gasteiger partial charge is 0.0487 e. The first-order valence-electron chi connectivity index (χ1n) is 6.80. The predicted octanol–water partition coefficient (Wildman–Crippen LogP) is 3.66. The lowest BCUT2D eigenvalue weighted by atomic mass is 10.1. The fourth-order valence-electron chi connectivity index (χ4n) is 2.90. The highest BCUT2D eigenvalue weighted by Gasteiger charge is 2.12. The van der Waals surface area contributed by atoms with Crippen molar-refractivity contribution in [3.8, 4) is 0 Å². The highest BCUT2D eigenvalue weighted by Crippen LogP contribution is 2.29. The Morgan fingerprint density at radius 3 is 2.84 bits per heavy atom. The minimum absolute atomic E-state index is 0.941. The van der Waals surface area contributed by atoms with E-state index in [0.717, 1.165) is 19.5 Å². The zero-order valence-electron chi connectivity index (χ0n) is 10.8. The van der Waals surface area contributed by atoms with Gasteiger partial charge in [0.15, 0.2) is 0 Å². The summed E-state index contributed by atoms with van der Waals surface area (Å²) in [6, 6.07) is 17.5. The maximum atomic E-state index is 3.44. The highest BCUT2D eigenvalue weighted by atomic mass is 15.0. The molecule has 0 spiro atoms. The van der Waals surface area contributed by atoms with E-state index in [0.29, 0.717) is 0 Å². The Bertz CT molecular complexity index is 726. The van der Waals surface area contributed by atoms with Crippen LogP contribution in [0.3, 0.4) is 0 Å². The van der Waals surface area contributed by atoms with Gasteiger partial charge in [-0.25, -0.2) is 0 Å². The van der Waals surface area contributed by atoms with Gasteiger partial charge in [-0.2, -0.15) is 0 Å². The number of aromatic nitrogens is 1. The van der Waals surface area contributed by atoms with E-state index in [-0.39, 0.29) is 0 Å². The van der Waals surface area contributed by atoms with Crippen molar-refractivity contribution >= 4 is 16.6 Å². The Morgan fingerprint density at radius 2 is 1.95 bits per heavy atom. The zero-order valence-corrected chi connectivity index (χ0v) is 10.8. The quantitative estimate of drug-likeness (QED) is 0.732. The van der Waals surface area contributed by atoms with Crippen LogP contribution in [0.5, 0.6) is 0 Å². The van der Waals surface area contributed by atoms with Crippen LogP contribution in [-0.2, 0) is 13.0 Å². The lowest BCUT2D eigenvalue weighted by Gasteiger charge is -2.07. The maximum Gasteiger partial charge on any atom is 0.0487 e. The van der Waals surface area contributed by atoms with Gasteiger partial charge < -0.3 is 9.88 Å². The van der Waals surface area contributed by atoms with Gasteiger partial charge in [-0.1, -0.05) is 30.3 Å². The topological polar surface area (TPSA) is 17.0 Å². The summed E-state index contributed by atoms with van der Waals surface area (Å²) in [7, 11) is 0. The van der Waals surface area contributed by atoms with Crippen LogP contribution in [0.4, 0.5) is 5.69 Å². The Morgan fingerprint density at radius 1 is 1.05 bits per heavy atom. The average Bonchev–Trinajstić information content (AvgIpc) is 3.05. The van der Waals surface area contributed by atoms with Crippen LogP contribution < -0.4 is 5.32 Å². The fourth-order valence-corrected chi connectivity index (χ4v) is 2.90. The van der Waals surface area contributed by atoms with Crippen molar-refractivity contribution < 1.29 is 0 Å². The molecular formula is C17H16N2. The molecule has 0 bridgehead atoms. The van der Waals surface area contributed by atoms with Gasteiger partial charge in [-0.05, 0) is 35.7 Å². The molecule has 2 heterocycles. The molecule has 0 unspecified atom stereocenters. The number of rotatable bonds is 2. The highest BCUT2D eigenvalue weighted by molar-refractivity contribution is 5.86. The number of nitrogens with zero attached hydrogens (tertiary/aromatic N) is 1. The molecule has 2 heteroatoms. The van der Waals surface area contributed by atoms with Crippen LogP contribution >= 0.6 is 0 Å². The van der Waals surface area contributed by atoms with Crippen molar-refractivity contribution in [2.24, 2.45) is 0 Å². The summed E-state index contributed by atoms with van der Waals surface area (Å²) in [6.07, 6.45) is 3.33. The SMILES string of the molecule is c1ccc(Cn2ccc3cc4c(cc32)CCN4)cc1. The first-order valence-corrected chi connectivity index (χ1v) is 6.80. The number of hydrogen-bond acceptors (Lipinski definition) is 1. The number of fused-ring (bicyclic) bond motifs is 2. The monoisotopic (exact) mass is 248 g/mol. The summed E-state index contributed by atoms with van der Waals surface area (Å²) >= 11 is 0. The molecule has 19 heavy (non-hydrogen) atoms. The summed E-state index contributed by atoms with van der Waals surface area (Å²) in [5.74, 6) is 0. The Kier molecular flexibility index (Phi) is 2.34. The van der Waals surface area contributed by atoms with Crippen LogP contribution in [0.25, 0.3) is 10.9 Å². The van der Waals surface area contributed by atoms with Crippen LogP contribution in [0, 0.1) is 0 Å². The van der Waals surface area contributed by atoms with Gasteiger partial charge in [-0.3, -0.25) is 0 Å². The summed E-state index contributed by atoms with van der Waals surface area (Å²) in [6.45, 7) is 2.01. The van der Waals surface area contributed by atoms with E-state index >= 15 is 0 Å². The second-order valence-electron chi connectivity index (χ2n) is 5.17. The predicted molar refractivity (Wildman–Crippen MR) is 79.7 cm³/mol. The van der Waals surface area contributed by atoms with Crippen molar-refractivity contribution in [2.45, 2.75) is 13.0 Å². The Balaban J connectivity index is 1.79. The number of hydrogen-bond donors (Lipinski definition) is 1. The molecule has 2 nitrogen and oxygen atoms in total. The molecule has 1 aromatic heterocycles. The third-order valence-electron chi connectivity index (χ3n) is 3.90.